The monoisotopic (exact) mass is 438 g/mol. The minimum absolute atomic E-state index is 0.0155. The number of aromatic carboxylic acids is 1. The van der Waals surface area contributed by atoms with Crippen LogP contribution in [0.3, 0.4) is 0 Å². The molecule has 0 heterocycles. The van der Waals surface area contributed by atoms with E-state index >= 15 is 0 Å². The Morgan fingerprint density at radius 2 is 1.16 bits per heavy atom. The molecule has 0 aliphatic heterocycles. The van der Waals surface area contributed by atoms with E-state index in [1.165, 1.54) is 5.56 Å². The molecule has 2 aromatic carbocycles. The van der Waals surface area contributed by atoms with Gasteiger partial charge in [-0.25, -0.2) is 4.79 Å². The summed E-state index contributed by atoms with van der Waals surface area (Å²) in [6.45, 7) is 22.1. The minimum Gasteiger partial charge on any atom is -0.506 e. The van der Waals surface area contributed by atoms with E-state index in [1.54, 1.807) is 6.07 Å². The molecule has 0 atom stereocenters. The molecule has 0 bridgehead atoms. The summed E-state index contributed by atoms with van der Waals surface area (Å²) in [4.78, 5) is 11.9. The molecule has 0 aromatic heterocycles. The average molecular weight is 439 g/mol. The second-order valence-electron chi connectivity index (χ2n) is 13.0. The van der Waals surface area contributed by atoms with E-state index in [0.29, 0.717) is 5.56 Å². The lowest BCUT2D eigenvalue weighted by Crippen LogP contribution is -2.25. The number of carboxylic acid groups (broad SMARTS) is 1. The molecule has 0 radical (unpaired) electrons. The van der Waals surface area contributed by atoms with Gasteiger partial charge in [0.15, 0.2) is 0 Å². The van der Waals surface area contributed by atoms with Crippen molar-refractivity contribution in [1.82, 2.24) is 0 Å². The summed E-state index contributed by atoms with van der Waals surface area (Å²) in [6.07, 6.45) is 1.94. The van der Waals surface area contributed by atoms with Gasteiger partial charge < -0.3 is 10.2 Å². The van der Waals surface area contributed by atoms with Crippen molar-refractivity contribution in [1.29, 1.82) is 0 Å². The number of hydrogen-bond donors (Lipinski definition) is 2. The third-order valence-electron chi connectivity index (χ3n) is 6.04. The van der Waals surface area contributed by atoms with Gasteiger partial charge in [-0.05, 0) is 63.3 Å². The number of phenols is 1. The predicted octanol–water partition coefficient (Wildman–Crippen LogP) is 8.19. The Bertz CT molecular complexity index is 965. The van der Waals surface area contributed by atoms with Crippen molar-refractivity contribution in [3.63, 3.8) is 0 Å². The smallest absolute Gasteiger partial charge is 0.339 e. The summed E-state index contributed by atoms with van der Waals surface area (Å²) in [6, 6.07) is 11.8. The largest absolute Gasteiger partial charge is 0.506 e. The van der Waals surface area contributed by atoms with Crippen molar-refractivity contribution < 1.29 is 15.0 Å². The molecular weight excluding hydrogens is 396 g/mol. The summed E-state index contributed by atoms with van der Waals surface area (Å²) in [5, 5.41) is 20.6. The fourth-order valence-corrected chi connectivity index (χ4v) is 5.37. The summed E-state index contributed by atoms with van der Waals surface area (Å²) in [5.74, 6) is -1.28. The summed E-state index contributed by atoms with van der Waals surface area (Å²) >= 11 is 0. The number of rotatable bonds is 6. The van der Waals surface area contributed by atoms with E-state index in [0.717, 1.165) is 24.0 Å². The predicted molar refractivity (Wildman–Crippen MR) is 135 cm³/mol. The normalized spacial score (nSPS) is 13.3. The molecule has 0 aliphatic rings. The number of hydrogen-bond acceptors (Lipinski definition) is 2. The standard InChI is InChI=1S/C29H42O3/c1-26(2,3)17-28(7,8)20-13-11-19(12-14-20)22-15-21(16-23(24(22)30)25(31)32)29(9,10)18-27(4,5)6/h11-16,30H,17-18H2,1-10H3,(H,31,32). The molecule has 176 valence electrons. The minimum atomic E-state index is -1.11. The number of carboxylic acids is 1. The molecule has 0 fully saturated rings. The van der Waals surface area contributed by atoms with Crippen molar-refractivity contribution in [3.05, 3.63) is 53.1 Å². The summed E-state index contributed by atoms with van der Waals surface area (Å²) in [7, 11) is 0. The van der Waals surface area contributed by atoms with E-state index < -0.39 is 5.97 Å². The molecule has 2 N–H and O–H groups in total. The Kier molecular flexibility index (Phi) is 6.96. The van der Waals surface area contributed by atoms with Gasteiger partial charge in [-0.15, -0.1) is 0 Å². The van der Waals surface area contributed by atoms with Crippen molar-refractivity contribution >= 4 is 5.97 Å². The fourth-order valence-electron chi connectivity index (χ4n) is 5.37. The third-order valence-corrected chi connectivity index (χ3v) is 6.04. The maximum Gasteiger partial charge on any atom is 0.339 e. The summed E-state index contributed by atoms with van der Waals surface area (Å²) < 4.78 is 0. The third kappa shape index (κ3) is 6.37. The lowest BCUT2D eigenvalue weighted by atomic mass is 9.71. The zero-order valence-corrected chi connectivity index (χ0v) is 21.7. The fraction of sp³-hybridized carbons (Fsp3) is 0.552. The van der Waals surface area contributed by atoms with Crippen LogP contribution in [0.15, 0.2) is 36.4 Å². The van der Waals surface area contributed by atoms with Crippen LogP contribution < -0.4 is 0 Å². The molecule has 0 saturated heterocycles. The zero-order valence-electron chi connectivity index (χ0n) is 21.7. The summed E-state index contributed by atoms with van der Waals surface area (Å²) in [5.41, 5.74) is 3.59. The molecule has 2 rings (SSSR count). The maximum absolute atomic E-state index is 11.9. The lowest BCUT2D eigenvalue weighted by molar-refractivity contribution is 0.0693. The Morgan fingerprint density at radius 1 is 0.719 bits per heavy atom. The zero-order chi connectivity index (χ0) is 24.7. The highest BCUT2D eigenvalue weighted by molar-refractivity contribution is 5.94. The van der Waals surface area contributed by atoms with Crippen LogP contribution in [0.25, 0.3) is 11.1 Å². The van der Waals surface area contributed by atoms with Gasteiger partial charge in [0, 0.05) is 5.56 Å². The van der Waals surface area contributed by atoms with Crippen molar-refractivity contribution in [2.45, 2.75) is 92.9 Å². The first-order valence-electron chi connectivity index (χ1n) is 11.5. The molecular formula is C29H42O3. The van der Waals surface area contributed by atoms with Crippen molar-refractivity contribution in [2.75, 3.05) is 0 Å². The van der Waals surface area contributed by atoms with Gasteiger partial charge in [0.25, 0.3) is 0 Å². The lowest BCUT2D eigenvalue weighted by Gasteiger charge is -2.34. The van der Waals surface area contributed by atoms with Gasteiger partial charge in [0.2, 0.25) is 0 Å². The van der Waals surface area contributed by atoms with Gasteiger partial charge in [-0.1, -0.05) is 93.5 Å². The van der Waals surface area contributed by atoms with Crippen LogP contribution >= 0.6 is 0 Å². The van der Waals surface area contributed by atoms with E-state index in [-0.39, 0.29) is 33.0 Å². The Morgan fingerprint density at radius 3 is 1.56 bits per heavy atom. The first-order valence-corrected chi connectivity index (χ1v) is 11.5. The van der Waals surface area contributed by atoms with Gasteiger partial charge >= 0.3 is 5.97 Å². The van der Waals surface area contributed by atoms with E-state index in [1.807, 2.05) is 18.2 Å². The molecule has 32 heavy (non-hydrogen) atoms. The van der Waals surface area contributed by atoms with Crippen LogP contribution in [0.2, 0.25) is 0 Å². The second kappa shape index (κ2) is 8.57. The number of benzene rings is 2. The Labute approximate surface area is 194 Å². The molecule has 0 amide bonds. The first-order chi connectivity index (χ1) is 14.3. The van der Waals surface area contributed by atoms with E-state index in [2.05, 4.69) is 81.4 Å². The topological polar surface area (TPSA) is 57.5 Å². The van der Waals surface area contributed by atoms with Crippen LogP contribution in [0.4, 0.5) is 0 Å². The maximum atomic E-state index is 11.9. The molecule has 3 nitrogen and oxygen atoms in total. The van der Waals surface area contributed by atoms with Crippen LogP contribution in [0.5, 0.6) is 5.75 Å². The van der Waals surface area contributed by atoms with Crippen molar-refractivity contribution in [3.8, 4) is 16.9 Å². The average Bonchev–Trinajstić information content (AvgIpc) is 2.57. The highest BCUT2D eigenvalue weighted by Crippen LogP contribution is 2.42. The van der Waals surface area contributed by atoms with Gasteiger partial charge in [0.05, 0.1) is 0 Å². The van der Waals surface area contributed by atoms with Crippen LogP contribution in [-0.4, -0.2) is 16.2 Å². The Hall–Kier alpha value is -2.29. The molecule has 0 aliphatic carbocycles. The quantitative estimate of drug-likeness (QED) is 0.478. The molecule has 0 spiro atoms. The van der Waals surface area contributed by atoms with Crippen LogP contribution in [-0.2, 0) is 10.8 Å². The number of carbonyl (C=O) groups is 1. The number of aromatic hydroxyl groups is 1. The molecule has 2 aromatic rings. The highest BCUT2D eigenvalue weighted by Gasteiger charge is 2.30. The highest BCUT2D eigenvalue weighted by atomic mass is 16.4. The van der Waals surface area contributed by atoms with E-state index in [9.17, 15) is 15.0 Å². The Balaban J connectivity index is 2.58. The SMILES string of the molecule is CC(C)(C)CC(C)(C)c1ccc(-c2cc(C(C)(C)CC(C)(C)C)cc(C(=O)O)c2O)cc1. The molecule has 3 heteroatoms. The van der Waals surface area contributed by atoms with Gasteiger partial charge in [0.1, 0.15) is 11.3 Å². The first kappa shape index (κ1) is 26.0. The van der Waals surface area contributed by atoms with Crippen molar-refractivity contribution in [2.24, 2.45) is 10.8 Å². The molecule has 0 unspecified atom stereocenters. The van der Waals surface area contributed by atoms with Gasteiger partial charge in [-0.2, -0.15) is 0 Å². The van der Waals surface area contributed by atoms with Crippen LogP contribution in [0, 0.1) is 10.8 Å². The second-order valence-corrected chi connectivity index (χ2v) is 13.0. The van der Waals surface area contributed by atoms with Gasteiger partial charge in [-0.3, -0.25) is 0 Å². The van der Waals surface area contributed by atoms with E-state index in [4.69, 9.17) is 0 Å². The molecule has 0 saturated carbocycles. The van der Waals surface area contributed by atoms with Crippen LogP contribution in [0.1, 0.15) is 104 Å².